The molecule has 13 heavy (non-hydrogen) atoms. The van der Waals surface area contributed by atoms with Crippen molar-refractivity contribution < 1.29 is 13.5 Å². The van der Waals surface area contributed by atoms with E-state index in [4.69, 9.17) is 5.11 Å². The van der Waals surface area contributed by atoms with Gasteiger partial charge in [-0.25, -0.2) is 8.42 Å². The van der Waals surface area contributed by atoms with Crippen LogP contribution in [0.1, 0.15) is 19.8 Å². The van der Waals surface area contributed by atoms with Gasteiger partial charge in [0.15, 0.2) is 9.84 Å². The highest BCUT2D eigenvalue weighted by Gasteiger charge is 2.16. The molecule has 0 aliphatic carbocycles. The summed E-state index contributed by atoms with van der Waals surface area (Å²) in [4.78, 5) is 0. The molecule has 0 radical (unpaired) electrons. The first-order valence-electron chi connectivity index (χ1n) is 4.54. The summed E-state index contributed by atoms with van der Waals surface area (Å²) in [6, 6.07) is -0.124. The summed E-state index contributed by atoms with van der Waals surface area (Å²) in [5.41, 5.74) is 0. The van der Waals surface area contributed by atoms with Gasteiger partial charge in [0.25, 0.3) is 0 Å². The molecule has 0 spiro atoms. The first-order chi connectivity index (χ1) is 6.05. The highest BCUT2D eigenvalue weighted by molar-refractivity contribution is 7.91. The zero-order chi connectivity index (χ0) is 10.3. The maximum atomic E-state index is 11.4. The summed E-state index contributed by atoms with van der Waals surface area (Å²) in [6.45, 7) is 1.87. The Labute approximate surface area is 80.3 Å². The van der Waals surface area contributed by atoms with Gasteiger partial charge in [-0.15, -0.1) is 0 Å². The zero-order valence-corrected chi connectivity index (χ0v) is 9.10. The molecule has 0 aliphatic heterocycles. The second-order valence-electron chi connectivity index (χ2n) is 3.11. The number of aliphatic hydroxyl groups is 1. The zero-order valence-electron chi connectivity index (χ0n) is 8.28. The van der Waals surface area contributed by atoms with Crippen LogP contribution in [0.25, 0.3) is 0 Å². The van der Waals surface area contributed by atoms with Gasteiger partial charge < -0.3 is 10.4 Å². The summed E-state index contributed by atoms with van der Waals surface area (Å²) >= 11 is 0. The lowest BCUT2D eigenvalue weighted by atomic mass is 10.2. The predicted octanol–water partition coefficient (Wildman–Crippen LogP) is -0.218. The fourth-order valence-electron chi connectivity index (χ4n) is 1.17. The molecular weight excluding hydrogens is 190 g/mol. The molecule has 1 unspecified atom stereocenters. The summed E-state index contributed by atoms with van der Waals surface area (Å²) in [7, 11) is -1.23. The Balaban J connectivity index is 4.06. The summed E-state index contributed by atoms with van der Waals surface area (Å²) < 4.78 is 22.7. The minimum absolute atomic E-state index is 0.0210. The SMILES string of the molecule is CCCS(=O)(=O)CC(CCO)NC. The van der Waals surface area contributed by atoms with Crippen LogP contribution in [0.4, 0.5) is 0 Å². The van der Waals surface area contributed by atoms with E-state index in [2.05, 4.69) is 5.32 Å². The number of nitrogens with one attached hydrogen (secondary N) is 1. The number of aliphatic hydroxyl groups excluding tert-OH is 1. The minimum Gasteiger partial charge on any atom is -0.396 e. The van der Waals surface area contributed by atoms with Crippen LogP contribution in [-0.4, -0.2) is 44.7 Å². The van der Waals surface area contributed by atoms with Crippen LogP contribution in [0.3, 0.4) is 0 Å². The monoisotopic (exact) mass is 209 g/mol. The molecular formula is C8H19NO3S. The van der Waals surface area contributed by atoms with Gasteiger partial charge in [-0.1, -0.05) is 6.92 Å². The van der Waals surface area contributed by atoms with E-state index in [0.717, 1.165) is 0 Å². The Morgan fingerprint density at radius 3 is 2.46 bits per heavy atom. The fourth-order valence-corrected chi connectivity index (χ4v) is 2.90. The molecule has 0 aliphatic rings. The van der Waals surface area contributed by atoms with Crippen molar-refractivity contribution in [3.63, 3.8) is 0 Å². The largest absolute Gasteiger partial charge is 0.396 e. The van der Waals surface area contributed by atoms with Gasteiger partial charge in [-0.05, 0) is 19.9 Å². The molecule has 0 aromatic heterocycles. The molecule has 0 amide bonds. The van der Waals surface area contributed by atoms with E-state index in [1.165, 1.54) is 0 Å². The van der Waals surface area contributed by atoms with E-state index in [0.29, 0.717) is 12.8 Å². The summed E-state index contributed by atoms with van der Waals surface area (Å²) in [6.07, 6.45) is 1.14. The van der Waals surface area contributed by atoms with Crippen molar-refractivity contribution in [1.29, 1.82) is 0 Å². The van der Waals surface area contributed by atoms with Crippen LogP contribution in [0.5, 0.6) is 0 Å². The van der Waals surface area contributed by atoms with E-state index >= 15 is 0 Å². The van der Waals surface area contributed by atoms with Crippen LogP contribution in [0, 0.1) is 0 Å². The maximum absolute atomic E-state index is 11.4. The van der Waals surface area contributed by atoms with Crippen molar-refractivity contribution in [1.82, 2.24) is 5.32 Å². The van der Waals surface area contributed by atoms with Gasteiger partial charge >= 0.3 is 0 Å². The van der Waals surface area contributed by atoms with Crippen LogP contribution in [-0.2, 0) is 9.84 Å². The van der Waals surface area contributed by atoms with Crippen molar-refractivity contribution in [2.45, 2.75) is 25.8 Å². The fraction of sp³-hybridized carbons (Fsp3) is 1.00. The van der Waals surface area contributed by atoms with Gasteiger partial charge in [-0.2, -0.15) is 0 Å². The second kappa shape index (κ2) is 6.34. The van der Waals surface area contributed by atoms with Crippen molar-refractivity contribution in [3.05, 3.63) is 0 Å². The third kappa shape index (κ3) is 6.01. The van der Waals surface area contributed by atoms with Crippen LogP contribution in [0.15, 0.2) is 0 Å². The molecule has 0 bridgehead atoms. The molecule has 0 aromatic rings. The van der Waals surface area contributed by atoms with Gasteiger partial charge in [-0.3, -0.25) is 0 Å². The van der Waals surface area contributed by atoms with Crippen molar-refractivity contribution >= 4 is 9.84 Å². The second-order valence-corrected chi connectivity index (χ2v) is 5.34. The average molecular weight is 209 g/mol. The number of hydrogen-bond acceptors (Lipinski definition) is 4. The molecule has 0 saturated carbocycles. The van der Waals surface area contributed by atoms with Crippen molar-refractivity contribution in [2.24, 2.45) is 0 Å². The third-order valence-corrected chi connectivity index (χ3v) is 3.80. The lowest BCUT2D eigenvalue weighted by Gasteiger charge is -2.14. The van der Waals surface area contributed by atoms with Gasteiger partial charge in [0, 0.05) is 18.4 Å². The first kappa shape index (κ1) is 12.9. The lowest BCUT2D eigenvalue weighted by molar-refractivity contribution is 0.272. The standard InChI is InChI=1S/C8H19NO3S/c1-3-6-13(11,12)7-8(9-2)4-5-10/h8-10H,3-7H2,1-2H3. The molecule has 0 rings (SSSR count). The Hall–Kier alpha value is -0.130. The molecule has 0 fully saturated rings. The van der Waals surface area contributed by atoms with Gasteiger partial charge in [0.05, 0.1) is 5.75 Å². The molecule has 0 heterocycles. The first-order valence-corrected chi connectivity index (χ1v) is 6.36. The van der Waals surface area contributed by atoms with Crippen LogP contribution < -0.4 is 5.32 Å². The quantitative estimate of drug-likeness (QED) is 0.608. The van der Waals surface area contributed by atoms with E-state index in [1.807, 2.05) is 6.92 Å². The van der Waals surface area contributed by atoms with Gasteiger partial charge in [0.1, 0.15) is 0 Å². The Bertz CT molecular complexity index is 213. The number of sulfone groups is 1. The minimum atomic E-state index is -2.94. The molecule has 80 valence electrons. The van der Waals surface area contributed by atoms with Crippen LogP contribution >= 0.6 is 0 Å². The third-order valence-electron chi connectivity index (χ3n) is 1.86. The Morgan fingerprint density at radius 2 is 2.08 bits per heavy atom. The lowest BCUT2D eigenvalue weighted by Crippen LogP contribution is -2.34. The van der Waals surface area contributed by atoms with E-state index in [1.54, 1.807) is 7.05 Å². The molecule has 1 atom stereocenters. The molecule has 0 saturated heterocycles. The van der Waals surface area contributed by atoms with E-state index < -0.39 is 9.84 Å². The molecule has 4 nitrogen and oxygen atoms in total. The van der Waals surface area contributed by atoms with Crippen LogP contribution in [0.2, 0.25) is 0 Å². The number of rotatable bonds is 7. The van der Waals surface area contributed by atoms with Crippen molar-refractivity contribution in [3.8, 4) is 0 Å². The molecule has 5 heteroatoms. The Morgan fingerprint density at radius 1 is 1.46 bits per heavy atom. The van der Waals surface area contributed by atoms with Gasteiger partial charge in [0.2, 0.25) is 0 Å². The average Bonchev–Trinajstić information content (AvgIpc) is 2.03. The topological polar surface area (TPSA) is 66.4 Å². The number of hydrogen-bond donors (Lipinski definition) is 2. The Kier molecular flexibility index (Phi) is 6.28. The molecule has 0 aromatic carbocycles. The maximum Gasteiger partial charge on any atom is 0.151 e. The molecule has 2 N–H and O–H groups in total. The summed E-state index contributed by atoms with van der Waals surface area (Å²) in [5.74, 6) is 0.356. The smallest absolute Gasteiger partial charge is 0.151 e. The van der Waals surface area contributed by atoms with E-state index in [9.17, 15) is 8.42 Å². The van der Waals surface area contributed by atoms with E-state index in [-0.39, 0.29) is 24.2 Å². The summed E-state index contributed by atoms with van der Waals surface area (Å²) in [5, 5.41) is 11.5. The highest BCUT2D eigenvalue weighted by Crippen LogP contribution is 2.00. The predicted molar refractivity (Wildman–Crippen MR) is 53.5 cm³/mol. The highest BCUT2D eigenvalue weighted by atomic mass is 32.2. The van der Waals surface area contributed by atoms with Crippen molar-refractivity contribution in [2.75, 3.05) is 25.2 Å². The normalized spacial score (nSPS) is 14.4.